The van der Waals surface area contributed by atoms with Gasteiger partial charge in [0.1, 0.15) is 17.4 Å². The van der Waals surface area contributed by atoms with Gasteiger partial charge in [-0.15, -0.1) is 11.3 Å². The molecule has 0 bridgehead atoms. The van der Waals surface area contributed by atoms with Crippen LogP contribution in [0.1, 0.15) is 11.1 Å². The number of hydrogen-bond acceptors (Lipinski definition) is 5. The van der Waals surface area contributed by atoms with Crippen molar-refractivity contribution in [2.24, 2.45) is 0 Å². The molecule has 1 aliphatic rings. The highest BCUT2D eigenvalue weighted by molar-refractivity contribution is 7.21. The van der Waals surface area contributed by atoms with Crippen LogP contribution in [0.5, 0.6) is 11.5 Å². The van der Waals surface area contributed by atoms with Crippen LogP contribution in [0.2, 0.25) is 0 Å². The van der Waals surface area contributed by atoms with E-state index in [1.54, 1.807) is 35.5 Å². The van der Waals surface area contributed by atoms with Crippen LogP contribution in [0, 0.1) is 5.82 Å². The minimum atomic E-state index is -0.312. The molecule has 5 nitrogen and oxygen atoms in total. The van der Waals surface area contributed by atoms with Gasteiger partial charge < -0.3 is 14.4 Å². The predicted octanol–water partition coefficient (Wildman–Crippen LogP) is 5.07. The molecule has 0 radical (unpaired) electrons. The first kappa shape index (κ1) is 20.5. The first-order valence-corrected chi connectivity index (χ1v) is 11.1. The smallest absolute Gasteiger partial charge is 0.227 e. The Balaban J connectivity index is 1.46. The number of rotatable bonds is 4. The molecule has 0 N–H and O–H groups in total. The molecule has 4 aromatic rings. The number of carbonyl (C=O) groups excluding carboxylic acids is 1. The van der Waals surface area contributed by atoms with E-state index in [0.29, 0.717) is 31.2 Å². The summed E-state index contributed by atoms with van der Waals surface area (Å²) < 4.78 is 25.9. The lowest BCUT2D eigenvalue weighted by molar-refractivity contribution is -0.131. The van der Waals surface area contributed by atoms with Crippen LogP contribution in [-0.2, 0) is 17.8 Å². The average Bonchev–Trinajstić information content (AvgIpc) is 3.12. The summed E-state index contributed by atoms with van der Waals surface area (Å²) in [5.74, 6) is 0.948. The molecule has 0 saturated carbocycles. The zero-order valence-electron chi connectivity index (χ0n) is 17.5. The first-order chi connectivity index (χ1) is 15.6. The molecule has 3 aromatic carbocycles. The lowest BCUT2D eigenvalue weighted by Gasteiger charge is -2.20. The topological polar surface area (TPSA) is 51.7 Å². The third kappa shape index (κ3) is 4.03. The van der Waals surface area contributed by atoms with Crippen molar-refractivity contribution in [1.82, 2.24) is 9.88 Å². The Morgan fingerprint density at radius 2 is 2.00 bits per heavy atom. The van der Waals surface area contributed by atoms with Crippen LogP contribution in [0.3, 0.4) is 0 Å². The van der Waals surface area contributed by atoms with E-state index in [-0.39, 0.29) is 18.1 Å². The number of para-hydroxylation sites is 1. The molecule has 2 heterocycles. The Kier molecular flexibility index (Phi) is 5.49. The standard InChI is InChI=1S/C25H21FN2O3S/c1-30-21-14-17(25-27-20-4-2-3-5-22(20)32-25)13-18-15-28(10-11-31-24(18)21)23(29)12-16-6-8-19(26)9-7-16/h2-9,13-14H,10-12,15H2,1H3. The summed E-state index contributed by atoms with van der Waals surface area (Å²) in [4.78, 5) is 19.5. The van der Waals surface area contributed by atoms with Crippen molar-refractivity contribution < 1.29 is 18.7 Å². The van der Waals surface area contributed by atoms with Crippen LogP contribution in [0.4, 0.5) is 4.39 Å². The van der Waals surface area contributed by atoms with E-state index in [1.807, 2.05) is 30.3 Å². The van der Waals surface area contributed by atoms with E-state index < -0.39 is 0 Å². The number of nitrogens with zero attached hydrogens (tertiary/aromatic N) is 2. The van der Waals surface area contributed by atoms with Crippen LogP contribution in [0.15, 0.2) is 60.7 Å². The zero-order chi connectivity index (χ0) is 22.1. The Morgan fingerprint density at radius 1 is 1.19 bits per heavy atom. The summed E-state index contributed by atoms with van der Waals surface area (Å²) in [6, 6.07) is 18.0. The molecular weight excluding hydrogens is 427 g/mol. The van der Waals surface area contributed by atoms with E-state index in [2.05, 4.69) is 6.07 Å². The van der Waals surface area contributed by atoms with Gasteiger partial charge in [-0.1, -0.05) is 24.3 Å². The van der Waals surface area contributed by atoms with Gasteiger partial charge in [-0.3, -0.25) is 4.79 Å². The number of fused-ring (bicyclic) bond motifs is 2. The third-order valence-electron chi connectivity index (χ3n) is 5.48. The molecule has 32 heavy (non-hydrogen) atoms. The average molecular weight is 449 g/mol. The lowest BCUT2D eigenvalue weighted by atomic mass is 10.1. The number of ether oxygens (including phenoxy) is 2. The molecule has 162 valence electrons. The summed E-state index contributed by atoms with van der Waals surface area (Å²) in [6.45, 7) is 1.25. The quantitative estimate of drug-likeness (QED) is 0.437. The minimum Gasteiger partial charge on any atom is -0.493 e. The molecule has 1 aromatic heterocycles. The number of carbonyl (C=O) groups is 1. The number of methoxy groups -OCH3 is 1. The Labute approximate surface area is 189 Å². The van der Waals surface area contributed by atoms with E-state index in [9.17, 15) is 9.18 Å². The van der Waals surface area contributed by atoms with Crippen molar-refractivity contribution in [3.05, 3.63) is 77.6 Å². The van der Waals surface area contributed by atoms with Crippen molar-refractivity contribution in [3.63, 3.8) is 0 Å². The van der Waals surface area contributed by atoms with Crippen molar-refractivity contribution in [3.8, 4) is 22.1 Å². The number of amides is 1. The van der Waals surface area contributed by atoms with Crippen molar-refractivity contribution >= 4 is 27.5 Å². The van der Waals surface area contributed by atoms with Crippen LogP contribution in [0.25, 0.3) is 20.8 Å². The maximum absolute atomic E-state index is 13.2. The second-order valence-electron chi connectivity index (χ2n) is 7.62. The molecule has 0 saturated heterocycles. The van der Waals surface area contributed by atoms with Crippen LogP contribution >= 0.6 is 11.3 Å². The molecule has 1 amide bonds. The van der Waals surface area contributed by atoms with E-state index in [1.165, 1.54) is 12.1 Å². The molecule has 7 heteroatoms. The van der Waals surface area contributed by atoms with Gasteiger partial charge in [0.2, 0.25) is 5.91 Å². The van der Waals surface area contributed by atoms with Crippen LogP contribution < -0.4 is 9.47 Å². The Bertz CT molecular complexity index is 1250. The maximum Gasteiger partial charge on any atom is 0.227 e. The van der Waals surface area contributed by atoms with Gasteiger partial charge in [-0.25, -0.2) is 9.37 Å². The van der Waals surface area contributed by atoms with Crippen LogP contribution in [-0.4, -0.2) is 36.1 Å². The fraction of sp³-hybridized carbons (Fsp3) is 0.200. The lowest BCUT2D eigenvalue weighted by Crippen LogP contribution is -2.33. The second kappa shape index (κ2) is 8.59. The number of aromatic nitrogens is 1. The van der Waals surface area contributed by atoms with Gasteiger partial charge in [0.15, 0.2) is 11.5 Å². The third-order valence-corrected chi connectivity index (χ3v) is 6.57. The highest BCUT2D eigenvalue weighted by Gasteiger charge is 2.24. The van der Waals surface area contributed by atoms with E-state index >= 15 is 0 Å². The summed E-state index contributed by atoms with van der Waals surface area (Å²) in [6.07, 6.45) is 0.213. The van der Waals surface area contributed by atoms with E-state index in [0.717, 1.165) is 31.9 Å². The molecular formula is C25H21FN2O3S. The molecule has 0 unspecified atom stereocenters. The molecule has 5 rings (SSSR count). The number of halogens is 1. The highest BCUT2D eigenvalue weighted by atomic mass is 32.1. The van der Waals surface area contributed by atoms with Gasteiger partial charge in [-0.05, 0) is 42.0 Å². The SMILES string of the molecule is COc1cc(-c2nc3ccccc3s2)cc2c1OCCN(C(=O)Cc1ccc(F)cc1)C2. The number of hydrogen-bond donors (Lipinski definition) is 0. The summed E-state index contributed by atoms with van der Waals surface area (Å²) in [7, 11) is 1.61. The molecule has 0 aliphatic carbocycles. The predicted molar refractivity (Wildman–Crippen MR) is 123 cm³/mol. The fourth-order valence-corrected chi connectivity index (χ4v) is 4.81. The molecule has 1 aliphatic heterocycles. The monoisotopic (exact) mass is 448 g/mol. The summed E-state index contributed by atoms with van der Waals surface area (Å²) >= 11 is 1.62. The Hall–Kier alpha value is -3.45. The zero-order valence-corrected chi connectivity index (χ0v) is 18.3. The van der Waals surface area contributed by atoms with Gasteiger partial charge in [0.05, 0.1) is 30.3 Å². The molecule has 0 spiro atoms. The van der Waals surface area contributed by atoms with Gasteiger partial charge in [-0.2, -0.15) is 0 Å². The summed E-state index contributed by atoms with van der Waals surface area (Å²) in [5, 5.41) is 0.890. The summed E-state index contributed by atoms with van der Waals surface area (Å²) in [5.41, 5.74) is 3.54. The second-order valence-corrected chi connectivity index (χ2v) is 8.65. The van der Waals surface area contributed by atoms with Gasteiger partial charge in [0, 0.05) is 17.7 Å². The normalized spacial score (nSPS) is 13.4. The largest absolute Gasteiger partial charge is 0.493 e. The first-order valence-electron chi connectivity index (χ1n) is 10.3. The van der Waals surface area contributed by atoms with Crippen molar-refractivity contribution in [1.29, 1.82) is 0 Å². The Morgan fingerprint density at radius 3 is 2.78 bits per heavy atom. The molecule has 0 fully saturated rings. The highest BCUT2D eigenvalue weighted by Crippen LogP contribution is 2.40. The number of benzene rings is 3. The number of thiazole rings is 1. The van der Waals surface area contributed by atoms with E-state index in [4.69, 9.17) is 14.5 Å². The van der Waals surface area contributed by atoms with Gasteiger partial charge in [0.25, 0.3) is 0 Å². The van der Waals surface area contributed by atoms with Gasteiger partial charge >= 0.3 is 0 Å². The molecule has 0 atom stereocenters. The fourth-order valence-electron chi connectivity index (χ4n) is 3.86. The maximum atomic E-state index is 13.2. The van der Waals surface area contributed by atoms with Crippen molar-refractivity contribution in [2.75, 3.05) is 20.3 Å². The minimum absolute atomic E-state index is 0.0302. The van der Waals surface area contributed by atoms with Crippen molar-refractivity contribution in [2.45, 2.75) is 13.0 Å².